The van der Waals surface area contributed by atoms with Crippen molar-refractivity contribution >= 4 is 17.0 Å². The van der Waals surface area contributed by atoms with Gasteiger partial charge in [-0.2, -0.15) is 0 Å². The highest BCUT2D eigenvalue weighted by molar-refractivity contribution is 7.12. The Morgan fingerprint density at radius 1 is 1.23 bits per heavy atom. The van der Waals surface area contributed by atoms with Crippen molar-refractivity contribution in [3.05, 3.63) is 57.9 Å². The van der Waals surface area contributed by atoms with Crippen LogP contribution in [0.1, 0.15) is 22.4 Å². The second-order valence-electron chi connectivity index (χ2n) is 6.56. The van der Waals surface area contributed by atoms with Crippen LogP contribution in [0.5, 0.6) is 11.5 Å². The van der Waals surface area contributed by atoms with Crippen LogP contribution in [-0.2, 0) is 6.42 Å². The lowest BCUT2D eigenvalue weighted by Gasteiger charge is -2.25. The summed E-state index contributed by atoms with van der Waals surface area (Å²) in [7, 11) is 1.69. The van der Waals surface area contributed by atoms with E-state index in [1.165, 1.54) is 10.4 Å². The minimum absolute atomic E-state index is 0.199. The second-order valence-corrected chi connectivity index (χ2v) is 7.85. The average molecular weight is 366 g/mol. The molecule has 3 aromatic rings. The number of nitrogens with one attached hydrogen (secondary N) is 1. The van der Waals surface area contributed by atoms with Gasteiger partial charge < -0.3 is 14.8 Å². The van der Waals surface area contributed by atoms with Crippen LogP contribution in [-0.4, -0.2) is 24.7 Å². The molecular formula is C21H22N2O2S. The number of aromatic nitrogens is 1. The molecular weight excluding hydrogens is 344 g/mol. The van der Waals surface area contributed by atoms with Crippen molar-refractivity contribution in [3.63, 3.8) is 0 Å². The molecule has 0 aliphatic carbocycles. The van der Waals surface area contributed by atoms with E-state index in [2.05, 4.69) is 43.4 Å². The number of thiazole rings is 1. The van der Waals surface area contributed by atoms with Crippen molar-refractivity contribution < 1.29 is 9.47 Å². The Kier molecular flexibility index (Phi) is 4.55. The van der Waals surface area contributed by atoms with E-state index in [1.54, 1.807) is 18.4 Å². The maximum atomic E-state index is 5.87. The summed E-state index contributed by atoms with van der Waals surface area (Å²) in [4.78, 5) is 6.14. The zero-order valence-corrected chi connectivity index (χ0v) is 16.0. The van der Waals surface area contributed by atoms with Gasteiger partial charge in [-0.05, 0) is 49.7 Å². The molecule has 26 heavy (non-hydrogen) atoms. The van der Waals surface area contributed by atoms with E-state index in [9.17, 15) is 0 Å². The van der Waals surface area contributed by atoms with Gasteiger partial charge in [0.15, 0.2) is 0 Å². The molecule has 1 aliphatic rings. The van der Waals surface area contributed by atoms with E-state index in [-0.39, 0.29) is 6.10 Å². The van der Waals surface area contributed by atoms with Gasteiger partial charge >= 0.3 is 0 Å². The van der Waals surface area contributed by atoms with Gasteiger partial charge in [0.25, 0.3) is 0 Å². The molecule has 0 spiro atoms. The first-order valence-corrected chi connectivity index (χ1v) is 9.58. The summed E-state index contributed by atoms with van der Waals surface area (Å²) in [6, 6.07) is 14.4. The molecule has 1 atom stereocenters. The minimum atomic E-state index is 0.199. The monoisotopic (exact) mass is 366 g/mol. The first-order valence-electron chi connectivity index (χ1n) is 8.76. The molecule has 5 heteroatoms. The first kappa shape index (κ1) is 16.9. The van der Waals surface area contributed by atoms with Crippen molar-refractivity contribution in [2.45, 2.75) is 26.4 Å². The first-order chi connectivity index (χ1) is 12.6. The van der Waals surface area contributed by atoms with Crippen LogP contribution in [0, 0.1) is 6.92 Å². The standard InChI is InChI=1S/C21H22N2O2S/c1-13-12-22-18-11-16(6-9-19(18)25-13)21-14(2)26-20(23-21)10-15-4-7-17(24-3)8-5-15/h4-9,11,13,22H,10,12H2,1-3H3. The number of hydrogen-bond acceptors (Lipinski definition) is 5. The smallest absolute Gasteiger partial charge is 0.142 e. The maximum absolute atomic E-state index is 5.87. The molecule has 1 aliphatic heterocycles. The van der Waals surface area contributed by atoms with E-state index in [4.69, 9.17) is 14.5 Å². The van der Waals surface area contributed by atoms with Gasteiger partial charge in [0.1, 0.15) is 17.6 Å². The van der Waals surface area contributed by atoms with Gasteiger partial charge in [-0.25, -0.2) is 4.98 Å². The minimum Gasteiger partial charge on any atom is -0.497 e. The fourth-order valence-electron chi connectivity index (χ4n) is 3.14. The van der Waals surface area contributed by atoms with Crippen LogP contribution >= 0.6 is 11.3 Å². The number of hydrogen-bond donors (Lipinski definition) is 1. The van der Waals surface area contributed by atoms with E-state index < -0.39 is 0 Å². The molecule has 4 rings (SSSR count). The van der Waals surface area contributed by atoms with Crippen LogP contribution in [0.2, 0.25) is 0 Å². The summed E-state index contributed by atoms with van der Waals surface area (Å²) < 4.78 is 11.1. The van der Waals surface area contributed by atoms with Gasteiger partial charge in [0.2, 0.25) is 0 Å². The van der Waals surface area contributed by atoms with E-state index in [0.717, 1.165) is 46.4 Å². The molecule has 1 aromatic heterocycles. The highest BCUT2D eigenvalue weighted by Crippen LogP contribution is 2.36. The van der Waals surface area contributed by atoms with Gasteiger partial charge in [0.05, 0.1) is 30.0 Å². The van der Waals surface area contributed by atoms with E-state index in [0.29, 0.717) is 0 Å². The Morgan fingerprint density at radius 2 is 2.04 bits per heavy atom. The van der Waals surface area contributed by atoms with Gasteiger partial charge in [-0.3, -0.25) is 0 Å². The third kappa shape index (κ3) is 3.40. The molecule has 0 amide bonds. The zero-order valence-electron chi connectivity index (χ0n) is 15.2. The van der Waals surface area contributed by atoms with E-state index in [1.807, 2.05) is 18.2 Å². The zero-order chi connectivity index (χ0) is 18.1. The summed E-state index contributed by atoms with van der Waals surface area (Å²) in [5, 5.41) is 4.56. The number of ether oxygens (including phenoxy) is 2. The Morgan fingerprint density at radius 3 is 2.81 bits per heavy atom. The van der Waals surface area contributed by atoms with Crippen molar-refractivity contribution in [1.82, 2.24) is 4.98 Å². The van der Waals surface area contributed by atoms with Gasteiger partial charge in [0, 0.05) is 16.9 Å². The Labute approximate surface area is 157 Å². The molecule has 134 valence electrons. The summed E-state index contributed by atoms with van der Waals surface area (Å²) >= 11 is 1.76. The second kappa shape index (κ2) is 7.00. The van der Waals surface area contributed by atoms with E-state index >= 15 is 0 Å². The quantitative estimate of drug-likeness (QED) is 0.712. The largest absolute Gasteiger partial charge is 0.497 e. The molecule has 4 nitrogen and oxygen atoms in total. The molecule has 1 unspecified atom stereocenters. The van der Waals surface area contributed by atoms with Crippen LogP contribution < -0.4 is 14.8 Å². The summed E-state index contributed by atoms with van der Waals surface area (Å²) in [6.45, 7) is 5.03. The van der Waals surface area contributed by atoms with Crippen LogP contribution in [0.25, 0.3) is 11.3 Å². The third-order valence-electron chi connectivity index (χ3n) is 4.52. The SMILES string of the molecule is COc1ccc(Cc2nc(-c3ccc4c(c3)NCC(C)O4)c(C)s2)cc1. The number of methoxy groups -OCH3 is 1. The summed E-state index contributed by atoms with van der Waals surface area (Å²) in [6.07, 6.45) is 1.03. The number of rotatable bonds is 4. The molecule has 0 radical (unpaired) electrons. The predicted molar refractivity (Wildman–Crippen MR) is 107 cm³/mol. The Hall–Kier alpha value is -2.53. The number of fused-ring (bicyclic) bond motifs is 1. The number of benzene rings is 2. The van der Waals surface area contributed by atoms with Crippen molar-refractivity contribution in [2.24, 2.45) is 0 Å². The van der Waals surface area contributed by atoms with Crippen LogP contribution in [0.15, 0.2) is 42.5 Å². The summed E-state index contributed by atoms with van der Waals surface area (Å²) in [5.41, 5.74) is 4.47. The predicted octanol–water partition coefficient (Wildman–Crippen LogP) is 4.91. The lowest BCUT2D eigenvalue weighted by Crippen LogP contribution is -2.27. The Bertz CT molecular complexity index is 918. The molecule has 2 aromatic carbocycles. The highest BCUT2D eigenvalue weighted by Gasteiger charge is 2.17. The number of anilines is 1. The molecule has 2 heterocycles. The van der Waals surface area contributed by atoms with Crippen LogP contribution in [0.3, 0.4) is 0 Å². The molecule has 1 N–H and O–H groups in total. The van der Waals surface area contributed by atoms with Crippen molar-refractivity contribution in [1.29, 1.82) is 0 Å². The lowest BCUT2D eigenvalue weighted by molar-refractivity contribution is 0.226. The fourth-order valence-corrected chi connectivity index (χ4v) is 4.13. The topological polar surface area (TPSA) is 43.4 Å². The van der Waals surface area contributed by atoms with Crippen molar-refractivity contribution in [2.75, 3.05) is 19.0 Å². The molecule has 0 saturated carbocycles. The number of nitrogens with zero attached hydrogens (tertiary/aromatic N) is 1. The molecule has 0 bridgehead atoms. The van der Waals surface area contributed by atoms with Crippen molar-refractivity contribution in [3.8, 4) is 22.8 Å². The maximum Gasteiger partial charge on any atom is 0.142 e. The fraction of sp³-hybridized carbons (Fsp3) is 0.286. The highest BCUT2D eigenvalue weighted by atomic mass is 32.1. The lowest BCUT2D eigenvalue weighted by atomic mass is 10.1. The van der Waals surface area contributed by atoms with Gasteiger partial charge in [-0.15, -0.1) is 11.3 Å². The summed E-state index contributed by atoms with van der Waals surface area (Å²) in [5.74, 6) is 1.79. The molecule has 0 saturated heterocycles. The van der Waals surface area contributed by atoms with Crippen LogP contribution in [0.4, 0.5) is 5.69 Å². The average Bonchev–Trinajstić information content (AvgIpc) is 3.02. The molecule has 0 fully saturated rings. The number of aryl methyl sites for hydroxylation is 1. The third-order valence-corrected chi connectivity index (χ3v) is 5.49. The normalized spacial score (nSPS) is 15.7. The van der Waals surface area contributed by atoms with Gasteiger partial charge in [-0.1, -0.05) is 12.1 Å². The Balaban J connectivity index is 1.58.